The summed E-state index contributed by atoms with van der Waals surface area (Å²) in [6, 6.07) is 32.7. The highest BCUT2D eigenvalue weighted by Gasteiger charge is 2.23. The Bertz CT molecular complexity index is 1430. The Kier molecular flexibility index (Phi) is 8.51. The van der Waals surface area contributed by atoms with E-state index in [1.165, 1.54) is 11.1 Å². The van der Waals surface area contributed by atoms with E-state index in [2.05, 4.69) is 66.7 Å². The zero-order valence-corrected chi connectivity index (χ0v) is 22.0. The third-order valence-corrected chi connectivity index (χ3v) is 6.82. The smallest absolute Gasteiger partial charge is 0.333 e. The number of carbonyl (C=O) groups is 1. The minimum absolute atomic E-state index is 0.214. The minimum atomic E-state index is -0.956. The molecule has 0 aliphatic heterocycles. The first kappa shape index (κ1) is 26.4. The fraction of sp³-hybridized carbons (Fsp3) is 0.206. The number of hydrogen-bond acceptors (Lipinski definition) is 4. The van der Waals surface area contributed by atoms with Gasteiger partial charge in [0.1, 0.15) is 18.5 Å². The van der Waals surface area contributed by atoms with E-state index in [0.717, 1.165) is 27.8 Å². The van der Waals surface area contributed by atoms with Crippen LogP contribution < -0.4 is 4.74 Å². The molecule has 0 radical (unpaired) electrons. The second-order valence-corrected chi connectivity index (χ2v) is 9.40. The van der Waals surface area contributed by atoms with Crippen LogP contribution in [0.5, 0.6) is 5.75 Å². The van der Waals surface area contributed by atoms with E-state index in [0.29, 0.717) is 32.0 Å². The van der Waals surface area contributed by atoms with Gasteiger partial charge in [0.15, 0.2) is 6.10 Å². The van der Waals surface area contributed by atoms with E-state index in [4.69, 9.17) is 14.2 Å². The maximum atomic E-state index is 11.4. The molecule has 2 atom stereocenters. The van der Waals surface area contributed by atoms with Gasteiger partial charge in [0.25, 0.3) is 0 Å². The van der Waals surface area contributed by atoms with E-state index in [1.54, 1.807) is 6.92 Å². The number of carboxylic acid groups (broad SMARTS) is 1. The highest BCUT2D eigenvalue weighted by atomic mass is 16.5. The molecule has 5 nitrogen and oxygen atoms in total. The molecule has 1 aliphatic carbocycles. The lowest BCUT2D eigenvalue weighted by atomic mass is 9.93. The highest BCUT2D eigenvalue weighted by Crippen LogP contribution is 2.37. The van der Waals surface area contributed by atoms with Crippen molar-refractivity contribution < 1.29 is 24.1 Å². The van der Waals surface area contributed by atoms with Crippen molar-refractivity contribution in [1.29, 1.82) is 0 Å². The number of hydrogen-bond donors (Lipinski definition) is 1. The van der Waals surface area contributed by atoms with Crippen molar-refractivity contribution in [3.05, 3.63) is 125 Å². The zero-order valence-electron chi connectivity index (χ0n) is 22.0. The van der Waals surface area contributed by atoms with Crippen molar-refractivity contribution in [3.63, 3.8) is 0 Å². The van der Waals surface area contributed by atoms with Gasteiger partial charge in [-0.1, -0.05) is 91.0 Å². The van der Waals surface area contributed by atoms with Gasteiger partial charge >= 0.3 is 5.97 Å². The standard InChI is InChI=1S/C34H32O5/c1-2-37-32(34(35)36)22-24-12-17-29(18-13-24)38-20-21-39-33-30-11-7-6-10-26(30)14-15-28-23-27(16-19-31(28)33)25-8-4-3-5-9-25/h3-19,23,32-33H,2,20-22H2,1H3,(H,35,36). The molecule has 0 amide bonds. The quantitative estimate of drug-likeness (QED) is 0.215. The van der Waals surface area contributed by atoms with Crippen LogP contribution in [0.15, 0.2) is 97.1 Å². The number of ether oxygens (including phenoxy) is 3. The first-order chi connectivity index (χ1) is 19.1. The van der Waals surface area contributed by atoms with Gasteiger partial charge in [-0.2, -0.15) is 0 Å². The molecule has 0 heterocycles. The Morgan fingerprint density at radius 1 is 0.795 bits per heavy atom. The van der Waals surface area contributed by atoms with Gasteiger partial charge in [0, 0.05) is 13.0 Å². The topological polar surface area (TPSA) is 65.0 Å². The van der Waals surface area contributed by atoms with Crippen LogP contribution in [0.2, 0.25) is 0 Å². The summed E-state index contributed by atoms with van der Waals surface area (Å²) >= 11 is 0. The van der Waals surface area contributed by atoms with Crippen LogP contribution in [0.25, 0.3) is 23.3 Å². The molecular formula is C34H32O5. The predicted octanol–water partition coefficient (Wildman–Crippen LogP) is 7.05. The van der Waals surface area contributed by atoms with Crippen LogP contribution >= 0.6 is 0 Å². The maximum absolute atomic E-state index is 11.4. The van der Waals surface area contributed by atoms with Crippen LogP contribution in [-0.2, 0) is 20.7 Å². The van der Waals surface area contributed by atoms with E-state index in [1.807, 2.05) is 42.5 Å². The predicted molar refractivity (Wildman–Crippen MR) is 154 cm³/mol. The molecule has 39 heavy (non-hydrogen) atoms. The fourth-order valence-electron chi connectivity index (χ4n) is 4.88. The number of carboxylic acids is 1. The summed E-state index contributed by atoms with van der Waals surface area (Å²) in [6.07, 6.45) is 3.58. The van der Waals surface area contributed by atoms with Crippen LogP contribution in [0.1, 0.15) is 40.8 Å². The number of fused-ring (bicyclic) bond motifs is 2. The molecule has 0 spiro atoms. The number of rotatable bonds is 11. The molecule has 0 bridgehead atoms. The van der Waals surface area contributed by atoms with Gasteiger partial charge in [0.2, 0.25) is 0 Å². The van der Waals surface area contributed by atoms with Crippen LogP contribution in [0.4, 0.5) is 0 Å². The molecule has 0 aromatic heterocycles. The number of benzene rings is 4. The summed E-state index contributed by atoms with van der Waals surface area (Å²) in [5.74, 6) is -0.246. The van der Waals surface area contributed by atoms with Crippen LogP contribution in [0, 0.1) is 0 Å². The first-order valence-electron chi connectivity index (χ1n) is 13.3. The summed E-state index contributed by atoms with van der Waals surface area (Å²) in [7, 11) is 0. The minimum Gasteiger partial charge on any atom is -0.491 e. The lowest BCUT2D eigenvalue weighted by Crippen LogP contribution is -2.26. The van der Waals surface area contributed by atoms with E-state index in [-0.39, 0.29) is 6.10 Å². The molecule has 0 saturated carbocycles. The molecule has 2 unspecified atom stereocenters. The average Bonchev–Trinajstić information content (AvgIpc) is 3.13. The largest absolute Gasteiger partial charge is 0.491 e. The van der Waals surface area contributed by atoms with Crippen molar-refractivity contribution in [1.82, 2.24) is 0 Å². The van der Waals surface area contributed by atoms with Crippen molar-refractivity contribution in [3.8, 4) is 16.9 Å². The summed E-state index contributed by atoms with van der Waals surface area (Å²) in [5.41, 5.74) is 7.78. The second-order valence-electron chi connectivity index (χ2n) is 9.40. The third-order valence-electron chi connectivity index (χ3n) is 6.82. The SMILES string of the molecule is CCOC(Cc1ccc(OCCOC2c3ccccc3C=Cc3cc(-c4ccccc4)ccc32)cc1)C(=O)O. The highest BCUT2D eigenvalue weighted by molar-refractivity contribution is 5.79. The van der Waals surface area contributed by atoms with Gasteiger partial charge in [0.05, 0.1) is 6.61 Å². The van der Waals surface area contributed by atoms with Crippen molar-refractivity contribution in [2.45, 2.75) is 25.6 Å². The van der Waals surface area contributed by atoms with Gasteiger partial charge in [-0.25, -0.2) is 4.79 Å². The van der Waals surface area contributed by atoms with Crippen LogP contribution in [-0.4, -0.2) is 37.0 Å². The lowest BCUT2D eigenvalue weighted by Gasteiger charge is -2.22. The Hall–Kier alpha value is -4.19. The molecule has 4 aromatic carbocycles. The zero-order chi connectivity index (χ0) is 27.0. The van der Waals surface area contributed by atoms with Crippen molar-refractivity contribution in [2.24, 2.45) is 0 Å². The van der Waals surface area contributed by atoms with E-state index < -0.39 is 12.1 Å². The molecule has 4 aromatic rings. The Morgan fingerprint density at radius 2 is 1.51 bits per heavy atom. The normalized spacial score (nSPS) is 14.6. The summed E-state index contributed by atoms with van der Waals surface area (Å²) in [6.45, 7) is 2.95. The van der Waals surface area contributed by atoms with Gasteiger partial charge < -0.3 is 19.3 Å². The fourth-order valence-corrected chi connectivity index (χ4v) is 4.88. The monoisotopic (exact) mass is 520 g/mol. The Morgan fingerprint density at radius 3 is 2.28 bits per heavy atom. The Labute approximate surface area is 229 Å². The van der Waals surface area contributed by atoms with E-state index >= 15 is 0 Å². The number of aliphatic carboxylic acids is 1. The van der Waals surface area contributed by atoms with Gasteiger partial charge in [-0.05, 0) is 64.1 Å². The molecule has 1 aliphatic rings. The summed E-state index contributed by atoms with van der Waals surface area (Å²) in [5, 5.41) is 9.31. The van der Waals surface area contributed by atoms with Gasteiger partial charge in [-0.15, -0.1) is 0 Å². The second kappa shape index (κ2) is 12.6. The molecule has 198 valence electrons. The summed E-state index contributed by atoms with van der Waals surface area (Å²) < 4.78 is 17.7. The third kappa shape index (κ3) is 6.45. The summed E-state index contributed by atoms with van der Waals surface area (Å²) in [4.78, 5) is 11.4. The molecule has 1 N–H and O–H groups in total. The van der Waals surface area contributed by atoms with Crippen LogP contribution in [0.3, 0.4) is 0 Å². The molecule has 0 fully saturated rings. The lowest BCUT2D eigenvalue weighted by molar-refractivity contribution is -0.149. The van der Waals surface area contributed by atoms with Crippen molar-refractivity contribution >= 4 is 18.1 Å². The molecular weight excluding hydrogens is 488 g/mol. The molecule has 0 saturated heterocycles. The maximum Gasteiger partial charge on any atom is 0.333 e. The van der Waals surface area contributed by atoms with Gasteiger partial charge in [-0.3, -0.25) is 0 Å². The van der Waals surface area contributed by atoms with Crippen molar-refractivity contribution in [2.75, 3.05) is 19.8 Å². The molecule has 5 rings (SSSR count). The van der Waals surface area contributed by atoms with E-state index in [9.17, 15) is 9.90 Å². The first-order valence-corrected chi connectivity index (χ1v) is 13.3. The molecule has 5 heteroatoms. The average molecular weight is 521 g/mol. The Balaban J connectivity index is 1.26.